The van der Waals surface area contributed by atoms with Crippen molar-refractivity contribution in [1.29, 1.82) is 0 Å². The number of aromatic nitrogens is 2. The van der Waals surface area contributed by atoms with Crippen molar-refractivity contribution in [2.75, 3.05) is 24.7 Å². The molecule has 1 aromatic carbocycles. The molecule has 3 heterocycles. The first-order chi connectivity index (χ1) is 15.1. The second kappa shape index (κ2) is 8.42. The van der Waals surface area contributed by atoms with Crippen LogP contribution in [0.2, 0.25) is 0 Å². The molecule has 10 heteroatoms. The predicted octanol–water partition coefficient (Wildman–Crippen LogP) is 3.30. The number of pyridine rings is 2. The highest BCUT2D eigenvalue weighted by molar-refractivity contribution is 7.90. The zero-order valence-electron chi connectivity index (χ0n) is 18.2. The smallest absolute Gasteiger partial charge is 0.216 e. The average Bonchev–Trinajstić information content (AvgIpc) is 3.24. The second-order valence-electron chi connectivity index (χ2n) is 8.35. The number of sulfone groups is 1. The summed E-state index contributed by atoms with van der Waals surface area (Å²) >= 11 is 0. The predicted molar refractivity (Wildman–Crippen MR) is 125 cm³/mol. The lowest BCUT2D eigenvalue weighted by Crippen LogP contribution is -2.34. The Morgan fingerprint density at radius 2 is 1.78 bits per heavy atom. The highest BCUT2D eigenvalue weighted by Gasteiger charge is 2.35. The summed E-state index contributed by atoms with van der Waals surface area (Å²) in [5.74, 6) is 0.611. The van der Waals surface area contributed by atoms with E-state index in [1.807, 2.05) is 12.1 Å². The number of anilines is 2. The maximum Gasteiger partial charge on any atom is 0.216 e. The molecule has 1 aliphatic heterocycles. The van der Waals surface area contributed by atoms with E-state index < -0.39 is 25.1 Å². The number of hydrogen-bond acceptors (Lipinski definition) is 7. The highest BCUT2D eigenvalue weighted by Crippen LogP contribution is 2.33. The summed E-state index contributed by atoms with van der Waals surface area (Å²) in [6, 6.07) is 10.3. The minimum Gasteiger partial charge on any atom is -0.340 e. The first kappa shape index (κ1) is 22.6. The third kappa shape index (κ3) is 4.48. The molecule has 0 saturated carbocycles. The number of rotatable bonds is 6. The van der Waals surface area contributed by atoms with Gasteiger partial charge < -0.3 is 5.32 Å². The van der Waals surface area contributed by atoms with Gasteiger partial charge in [-0.15, -0.1) is 0 Å². The van der Waals surface area contributed by atoms with Gasteiger partial charge in [-0.05, 0) is 56.7 Å². The molecule has 0 aliphatic carbocycles. The maximum atomic E-state index is 12.6. The van der Waals surface area contributed by atoms with E-state index in [-0.39, 0.29) is 10.8 Å². The lowest BCUT2D eigenvalue weighted by Gasteiger charge is -2.19. The Balaban J connectivity index is 1.62. The molecular weight excluding hydrogens is 448 g/mol. The van der Waals surface area contributed by atoms with Crippen LogP contribution in [-0.2, 0) is 19.9 Å². The van der Waals surface area contributed by atoms with Gasteiger partial charge in [-0.25, -0.2) is 26.1 Å². The van der Waals surface area contributed by atoms with Crippen LogP contribution in [0.3, 0.4) is 0 Å². The Labute approximate surface area is 188 Å². The Kier molecular flexibility index (Phi) is 5.95. The van der Waals surface area contributed by atoms with Gasteiger partial charge >= 0.3 is 0 Å². The van der Waals surface area contributed by atoms with Gasteiger partial charge in [0.2, 0.25) is 10.0 Å². The Morgan fingerprint density at radius 1 is 1.06 bits per heavy atom. The van der Waals surface area contributed by atoms with Crippen molar-refractivity contribution in [3.05, 3.63) is 54.5 Å². The standard InChI is InChI=1S/C22H26N4O4S2/c1-15(2)32(29,30)26-11-9-17(14-26)22-20-12-21(24-13-16(20)8-10-23-22)25-18-4-6-19(7-5-18)31(3,27)28/h4-8,10,12-13,15,17H,9,11,14H2,1-3H3,(H,24,25). The van der Waals surface area contributed by atoms with Gasteiger partial charge in [0, 0.05) is 54.1 Å². The summed E-state index contributed by atoms with van der Waals surface area (Å²) in [5.41, 5.74) is 1.58. The number of sulfonamides is 1. The SMILES string of the molecule is CC(C)S(=O)(=O)N1CCC(c2nccc3cnc(Nc4ccc(S(C)(=O)=O)cc4)cc23)C1. The van der Waals surface area contributed by atoms with Crippen molar-refractivity contribution >= 4 is 42.1 Å². The zero-order chi connectivity index (χ0) is 23.1. The van der Waals surface area contributed by atoms with E-state index >= 15 is 0 Å². The molecule has 8 nitrogen and oxygen atoms in total. The Hall–Kier alpha value is -2.56. The number of nitrogens with zero attached hydrogens (tertiary/aromatic N) is 3. The van der Waals surface area contributed by atoms with Crippen molar-refractivity contribution in [3.63, 3.8) is 0 Å². The quantitative estimate of drug-likeness (QED) is 0.584. The average molecular weight is 475 g/mol. The molecule has 1 aliphatic rings. The summed E-state index contributed by atoms with van der Waals surface area (Å²) in [7, 11) is -6.55. The molecular formula is C22H26N4O4S2. The number of fused-ring (bicyclic) bond motifs is 1. The van der Waals surface area contributed by atoms with Gasteiger partial charge in [-0.1, -0.05) is 0 Å². The molecule has 1 N–H and O–H groups in total. The molecule has 2 aromatic heterocycles. The molecule has 0 bridgehead atoms. The third-order valence-electron chi connectivity index (χ3n) is 5.73. The summed E-state index contributed by atoms with van der Waals surface area (Å²) < 4.78 is 50.0. The molecule has 3 aromatic rings. The van der Waals surface area contributed by atoms with Crippen molar-refractivity contribution in [2.45, 2.75) is 36.3 Å². The minimum atomic E-state index is -3.30. The van der Waals surface area contributed by atoms with E-state index in [0.717, 1.165) is 22.9 Å². The van der Waals surface area contributed by atoms with Crippen LogP contribution in [0.5, 0.6) is 0 Å². The van der Waals surface area contributed by atoms with Crippen molar-refractivity contribution in [2.24, 2.45) is 0 Å². The Bertz CT molecular complexity index is 1350. The highest BCUT2D eigenvalue weighted by atomic mass is 32.2. The van der Waals surface area contributed by atoms with Gasteiger partial charge in [-0.3, -0.25) is 4.98 Å². The topological polar surface area (TPSA) is 109 Å². The number of hydrogen-bond donors (Lipinski definition) is 1. The largest absolute Gasteiger partial charge is 0.340 e. The molecule has 170 valence electrons. The molecule has 1 unspecified atom stereocenters. The van der Waals surface area contributed by atoms with E-state index in [1.54, 1.807) is 54.8 Å². The monoisotopic (exact) mass is 474 g/mol. The number of benzene rings is 1. The molecule has 0 amide bonds. The maximum absolute atomic E-state index is 12.6. The Morgan fingerprint density at radius 3 is 2.44 bits per heavy atom. The number of nitrogens with one attached hydrogen (secondary N) is 1. The van der Waals surface area contributed by atoms with Gasteiger partial charge in [0.05, 0.1) is 15.8 Å². The minimum absolute atomic E-state index is 0.0107. The van der Waals surface area contributed by atoms with Crippen molar-refractivity contribution in [1.82, 2.24) is 14.3 Å². The fraction of sp³-hybridized carbons (Fsp3) is 0.364. The van der Waals surface area contributed by atoms with Crippen molar-refractivity contribution in [3.8, 4) is 0 Å². The van der Waals surface area contributed by atoms with Crippen LogP contribution in [0.4, 0.5) is 11.5 Å². The molecule has 1 saturated heterocycles. The molecule has 32 heavy (non-hydrogen) atoms. The van der Waals surface area contributed by atoms with Crippen molar-refractivity contribution < 1.29 is 16.8 Å². The van der Waals surface area contributed by atoms with Gasteiger partial charge in [0.1, 0.15) is 5.82 Å². The van der Waals surface area contributed by atoms with Crippen LogP contribution in [-0.4, -0.2) is 55.7 Å². The van der Waals surface area contributed by atoms with Crippen LogP contribution in [0.15, 0.2) is 53.7 Å². The van der Waals surface area contributed by atoms with Gasteiger partial charge in [-0.2, -0.15) is 0 Å². The second-order valence-corrected chi connectivity index (χ2v) is 12.9. The lowest BCUT2D eigenvalue weighted by molar-refractivity contribution is 0.465. The summed E-state index contributed by atoms with van der Waals surface area (Å²) in [5, 5.41) is 4.60. The fourth-order valence-electron chi connectivity index (χ4n) is 3.90. The van der Waals surface area contributed by atoms with E-state index in [9.17, 15) is 16.8 Å². The summed E-state index contributed by atoms with van der Waals surface area (Å²) in [6.45, 7) is 4.31. The molecule has 0 spiro atoms. The van der Waals surface area contributed by atoms with Gasteiger partial charge in [0.15, 0.2) is 9.84 Å². The van der Waals surface area contributed by atoms with Crippen LogP contribution in [0, 0.1) is 0 Å². The summed E-state index contributed by atoms with van der Waals surface area (Å²) in [4.78, 5) is 9.30. The van der Waals surface area contributed by atoms with Crippen LogP contribution >= 0.6 is 0 Å². The molecule has 0 radical (unpaired) electrons. The van der Waals surface area contributed by atoms with E-state index in [2.05, 4.69) is 15.3 Å². The molecule has 1 atom stereocenters. The van der Waals surface area contributed by atoms with E-state index in [4.69, 9.17) is 0 Å². The third-order valence-corrected chi connectivity index (χ3v) is 9.10. The normalized spacial score (nSPS) is 17.8. The first-order valence-corrected chi connectivity index (χ1v) is 13.8. The molecule has 1 fully saturated rings. The first-order valence-electron chi connectivity index (χ1n) is 10.4. The fourth-order valence-corrected chi connectivity index (χ4v) is 5.87. The lowest BCUT2D eigenvalue weighted by atomic mass is 9.99. The van der Waals surface area contributed by atoms with Gasteiger partial charge in [0.25, 0.3) is 0 Å². The summed E-state index contributed by atoms with van der Waals surface area (Å²) in [6.07, 6.45) is 5.38. The van der Waals surface area contributed by atoms with Crippen LogP contribution < -0.4 is 5.32 Å². The van der Waals surface area contributed by atoms with Crippen LogP contribution in [0.1, 0.15) is 31.9 Å². The zero-order valence-corrected chi connectivity index (χ0v) is 19.8. The van der Waals surface area contributed by atoms with Crippen LogP contribution in [0.25, 0.3) is 10.8 Å². The molecule has 4 rings (SSSR count). The van der Waals surface area contributed by atoms with E-state index in [0.29, 0.717) is 24.6 Å². The van der Waals surface area contributed by atoms with E-state index in [1.165, 1.54) is 6.26 Å².